The van der Waals surface area contributed by atoms with Crippen LogP contribution in [0.1, 0.15) is 71.3 Å². The summed E-state index contributed by atoms with van der Waals surface area (Å²) in [5.41, 5.74) is 2.29. The van der Waals surface area contributed by atoms with Gasteiger partial charge in [-0.2, -0.15) is 13.2 Å². The molecule has 1 heterocycles. The normalized spacial score (nSPS) is 18.2. The average molecular weight is 487 g/mol. The van der Waals surface area contributed by atoms with Gasteiger partial charge in [-0.1, -0.05) is 25.1 Å². The number of esters is 2. The molecule has 0 saturated carbocycles. The van der Waals surface area contributed by atoms with Gasteiger partial charge in [0.05, 0.1) is 0 Å². The first kappa shape index (κ1) is 24.6. The summed E-state index contributed by atoms with van der Waals surface area (Å²) in [6, 6.07) is 7.71. The van der Waals surface area contributed by atoms with Crippen LogP contribution in [0.4, 0.5) is 13.2 Å². The van der Waals surface area contributed by atoms with Gasteiger partial charge in [-0.05, 0) is 49.4 Å². The van der Waals surface area contributed by atoms with E-state index in [0.717, 1.165) is 5.56 Å². The second-order valence-corrected chi connectivity index (χ2v) is 10.2. The smallest absolute Gasteiger partial charge is 0.399 e. The number of thioether (sulfide) groups is 1. The zero-order valence-electron chi connectivity index (χ0n) is 18.1. The summed E-state index contributed by atoms with van der Waals surface area (Å²) in [6.07, 6.45) is -6.65. The van der Waals surface area contributed by atoms with E-state index >= 15 is 0 Å². The molecule has 174 valence electrons. The second-order valence-electron chi connectivity index (χ2n) is 7.71. The summed E-state index contributed by atoms with van der Waals surface area (Å²) in [7, 11) is 0. The lowest BCUT2D eigenvalue weighted by Crippen LogP contribution is -2.24. The van der Waals surface area contributed by atoms with Gasteiger partial charge < -0.3 is 9.47 Å². The molecule has 0 aliphatic heterocycles. The molecular formula is C23H25F3O4S2. The van der Waals surface area contributed by atoms with Crippen LogP contribution < -0.4 is 0 Å². The van der Waals surface area contributed by atoms with Crippen molar-refractivity contribution in [2.45, 2.75) is 75.5 Å². The van der Waals surface area contributed by atoms with Crippen molar-refractivity contribution in [1.82, 2.24) is 0 Å². The Morgan fingerprint density at radius 2 is 1.72 bits per heavy atom. The van der Waals surface area contributed by atoms with Crippen molar-refractivity contribution in [3.05, 3.63) is 50.7 Å². The third-order valence-electron chi connectivity index (χ3n) is 5.11. The fourth-order valence-corrected chi connectivity index (χ4v) is 5.82. The Morgan fingerprint density at radius 3 is 2.31 bits per heavy atom. The fraction of sp³-hybridized carbons (Fsp3) is 0.478. The van der Waals surface area contributed by atoms with Gasteiger partial charge in [0.2, 0.25) is 0 Å². The summed E-state index contributed by atoms with van der Waals surface area (Å²) in [4.78, 5) is 27.4. The van der Waals surface area contributed by atoms with Gasteiger partial charge in [-0.15, -0.1) is 23.1 Å². The Labute approximate surface area is 193 Å². The molecule has 0 N–H and O–H groups in total. The van der Waals surface area contributed by atoms with Gasteiger partial charge >= 0.3 is 18.1 Å². The molecule has 1 aromatic heterocycles. The predicted molar refractivity (Wildman–Crippen MR) is 118 cm³/mol. The standard InChI is InChI=1S/C23H25F3O4S2/c1-4-21(27)29-19-8-7-18(30-22(28)11-23(24,25)26)16-6-5-15(10-17(16)19)12-31-20-9-13(2)32-14(20)3/h5-6,9-10,18-19H,4,7-8,11-12H2,1-3H3. The Kier molecular flexibility index (Phi) is 7.92. The molecule has 2 unspecified atom stereocenters. The van der Waals surface area contributed by atoms with E-state index in [2.05, 4.69) is 19.9 Å². The maximum atomic E-state index is 12.5. The van der Waals surface area contributed by atoms with E-state index in [1.807, 2.05) is 12.1 Å². The number of thiophene rings is 1. The quantitative estimate of drug-likeness (QED) is 0.312. The molecule has 4 nitrogen and oxygen atoms in total. The van der Waals surface area contributed by atoms with Crippen LogP contribution >= 0.6 is 23.1 Å². The topological polar surface area (TPSA) is 52.6 Å². The SMILES string of the molecule is CCC(=O)OC1CCC(OC(=O)CC(F)(F)F)c2ccc(CSc3cc(C)sc3C)cc21. The summed E-state index contributed by atoms with van der Waals surface area (Å²) in [5.74, 6) is -0.963. The van der Waals surface area contributed by atoms with Crippen molar-refractivity contribution in [3.63, 3.8) is 0 Å². The first-order valence-corrected chi connectivity index (χ1v) is 12.1. The van der Waals surface area contributed by atoms with Crippen LogP contribution in [0.5, 0.6) is 0 Å². The molecule has 0 bridgehead atoms. The lowest BCUT2D eigenvalue weighted by molar-refractivity contribution is -0.177. The van der Waals surface area contributed by atoms with Gasteiger partial charge in [0, 0.05) is 26.8 Å². The third kappa shape index (κ3) is 6.51. The second kappa shape index (κ2) is 10.3. The van der Waals surface area contributed by atoms with Gasteiger partial charge in [-0.25, -0.2) is 0 Å². The Bertz CT molecular complexity index is 984. The van der Waals surface area contributed by atoms with E-state index in [-0.39, 0.29) is 12.4 Å². The number of halogens is 3. The number of carbonyl (C=O) groups is 2. The van der Waals surface area contributed by atoms with E-state index in [0.29, 0.717) is 29.7 Å². The largest absolute Gasteiger partial charge is 0.457 e. The van der Waals surface area contributed by atoms with Crippen LogP contribution in [0.3, 0.4) is 0 Å². The third-order valence-corrected chi connectivity index (χ3v) is 7.41. The highest BCUT2D eigenvalue weighted by Gasteiger charge is 2.36. The minimum absolute atomic E-state index is 0.224. The van der Waals surface area contributed by atoms with Gasteiger partial charge in [0.25, 0.3) is 0 Å². The van der Waals surface area contributed by atoms with Crippen molar-refractivity contribution in [2.24, 2.45) is 0 Å². The molecule has 1 aliphatic carbocycles. The lowest BCUT2D eigenvalue weighted by Gasteiger charge is -2.31. The molecule has 0 fully saturated rings. The van der Waals surface area contributed by atoms with Crippen molar-refractivity contribution in [2.75, 3.05) is 0 Å². The van der Waals surface area contributed by atoms with E-state index in [1.165, 1.54) is 14.6 Å². The summed E-state index contributed by atoms with van der Waals surface area (Å²) in [5, 5.41) is 0. The molecule has 1 aliphatic rings. The lowest BCUT2D eigenvalue weighted by atomic mass is 9.86. The van der Waals surface area contributed by atoms with E-state index in [9.17, 15) is 22.8 Å². The number of hydrogen-bond acceptors (Lipinski definition) is 6. The van der Waals surface area contributed by atoms with Gasteiger partial charge in [0.1, 0.15) is 18.6 Å². The zero-order valence-corrected chi connectivity index (χ0v) is 19.7. The highest BCUT2D eigenvalue weighted by molar-refractivity contribution is 7.98. The van der Waals surface area contributed by atoms with Crippen LogP contribution in [0.15, 0.2) is 29.2 Å². The number of benzene rings is 1. The molecule has 2 aromatic rings. The van der Waals surface area contributed by atoms with E-state index < -0.39 is 30.8 Å². The average Bonchev–Trinajstić information content (AvgIpc) is 3.03. The molecule has 1 aromatic carbocycles. The van der Waals surface area contributed by atoms with Crippen LogP contribution in [0.2, 0.25) is 0 Å². The van der Waals surface area contributed by atoms with Crippen molar-refractivity contribution >= 4 is 35.0 Å². The predicted octanol–water partition coefficient (Wildman–Crippen LogP) is 6.98. The van der Waals surface area contributed by atoms with Crippen LogP contribution in [0, 0.1) is 13.8 Å². The molecule has 0 radical (unpaired) electrons. The maximum absolute atomic E-state index is 12.5. The summed E-state index contributed by atoms with van der Waals surface area (Å²) < 4.78 is 48.4. The Morgan fingerprint density at radius 1 is 1.06 bits per heavy atom. The first-order valence-electron chi connectivity index (χ1n) is 10.3. The van der Waals surface area contributed by atoms with Crippen molar-refractivity contribution in [1.29, 1.82) is 0 Å². The molecule has 0 spiro atoms. The van der Waals surface area contributed by atoms with Crippen LogP contribution in [-0.2, 0) is 24.8 Å². The molecule has 32 heavy (non-hydrogen) atoms. The van der Waals surface area contributed by atoms with E-state index in [1.54, 1.807) is 36.1 Å². The maximum Gasteiger partial charge on any atom is 0.399 e. The highest BCUT2D eigenvalue weighted by Crippen LogP contribution is 2.42. The number of carbonyl (C=O) groups excluding carboxylic acids is 2. The number of ether oxygens (including phenoxy) is 2. The van der Waals surface area contributed by atoms with Crippen LogP contribution in [-0.4, -0.2) is 18.1 Å². The highest BCUT2D eigenvalue weighted by atomic mass is 32.2. The first-order chi connectivity index (χ1) is 15.1. The fourth-order valence-electron chi connectivity index (χ4n) is 3.66. The summed E-state index contributed by atoms with van der Waals surface area (Å²) in [6.45, 7) is 5.84. The molecule has 2 atom stereocenters. The van der Waals surface area contributed by atoms with E-state index in [4.69, 9.17) is 9.47 Å². The monoisotopic (exact) mass is 486 g/mol. The van der Waals surface area contributed by atoms with Gasteiger partial charge in [-0.3, -0.25) is 9.59 Å². The number of rotatable bonds is 7. The molecular weight excluding hydrogens is 461 g/mol. The molecule has 0 saturated heterocycles. The Balaban J connectivity index is 1.82. The Hall–Kier alpha value is -2.00. The summed E-state index contributed by atoms with van der Waals surface area (Å²) >= 11 is 3.44. The van der Waals surface area contributed by atoms with Gasteiger partial charge in [0.15, 0.2) is 0 Å². The molecule has 0 amide bonds. The van der Waals surface area contributed by atoms with Crippen molar-refractivity contribution < 1.29 is 32.2 Å². The number of alkyl halides is 3. The number of hydrogen-bond donors (Lipinski definition) is 0. The van der Waals surface area contributed by atoms with Crippen molar-refractivity contribution in [3.8, 4) is 0 Å². The minimum atomic E-state index is -4.62. The minimum Gasteiger partial charge on any atom is -0.457 e. The zero-order chi connectivity index (χ0) is 23.5. The molecule has 3 rings (SSSR count). The van der Waals surface area contributed by atoms with Crippen LogP contribution in [0.25, 0.3) is 0 Å². The number of fused-ring (bicyclic) bond motifs is 1. The molecule has 9 heteroatoms. The number of aryl methyl sites for hydroxylation is 2.